The molecule has 27 heavy (non-hydrogen) atoms. The van der Waals surface area contributed by atoms with E-state index in [2.05, 4.69) is 30.9 Å². The summed E-state index contributed by atoms with van der Waals surface area (Å²) < 4.78 is 0. The summed E-state index contributed by atoms with van der Waals surface area (Å²) in [5.41, 5.74) is 6.02. The fourth-order valence-electron chi connectivity index (χ4n) is 3.41. The number of halogens is 1. The Labute approximate surface area is 162 Å². The molecule has 0 saturated heterocycles. The standard InChI is InChI=1S/C20H20ClN5O/c1-12-5-13(2)20(24-7-12)15-6-19(23-9-16(15)21)26-4-3-17-14(10-26)8-22-18(11-27)25-17/h5-9,27H,3-4,10-11H2,1-2H3. The topological polar surface area (TPSA) is 75.0 Å². The van der Waals surface area contributed by atoms with E-state index in [4.69, 9.17) is 11.6 Å². The van der Waals surface area contributed by atoms with Gasteiger partial charge in [0.25, 0.3) is 0 Å². The van der Waals surface area contributed by atoms with Gasteiger partial charge in [0, 0.05) is 49.2 Å². The lowest BCUT2D eigenvalue weighted by Crippen LogP contribution is -2.32. The van der Waals surface area contributed by atoms with E-state index in [1.165, 1.54) is 0 Å². The van der Waals surface area contributed by atoms with Gasteiger partial charge in [-0.3, -0.25) is 4.98 Å². The van der Waals surface area contributed by atoms with Crippen molar-refractivity contribution < 1.29 is 5.11 Å². The summed E-state index contributed by atoms with van der Waals surface area (Å²) in [4.78, 5) is 19.9. The molecule has 0 atom stereocenters. The normalized spacial score (nSPS) is 13.6. The number of pyridine rings is 2. The Balaban J connectivity index is 1.67. The van der Waals surface area contributed by atoms with Gasteiger partial charge in [0.1, 0.15) is 12.4 Å². The maximum Gasteiger partial charge on any atom is 0.153 e. The maximum absolute atomic E-state index is 9.21. The lowest BCUT2D eigenvalue weighted by atomic mass is 10.0. The third-order valence-electron chi connectivity index (χ3n) is 4.76. The molecule has 0 unspecified atom stereocenters. The zero-order valence-corrected chi connectivity index (χ0v) is 16.0. The first-order valence-electron chi connectivity index (χ1n) is 8.84. The van der Waals surface area contributed by atoms with E-state index in [1.54, 1.807) is 12.4 Å². The summed E-state index contributed by atoms with van der Waals surface area (Å²) in [6.45, 7) is 5.40. The van der Waals surface area contributed by atoms with Crippen molar-refractivity contribution in [3.63, 3.8) is 0 Å². The molecule has 7 heteroatoms. The van der Waals surface area contributed by atoms with E-state index in [1.807, 2.05) is 26.1 Å². The Bertz CT molecular complexity index is 1010. The molecule has 0 spiro atoms. The Morgan fingerprint density at radius 2 is 1.96 bits per heavy atom. The first-order valence-corrected chi connectivity index (χ1v) is 9.21. The molecule has 1 N–H and O–H groups in total. The summed E-state index contributed by atoms with van der Waals surface area (Å²) >= 11 is 6.43. The number of anilines is 1. The highest BCUT2D eigenvalue weighted by atomic mass is 35.5. The number of aryl methyl sites for hydroxylation is 2. The second-order valence-electron chi connectivity index (χ2n) is 6.79. The highest BCUT2D eigenvalue weighted by molar-refractivity contribution is 6.33. The van der Waals surface area contributed by atoms with E-state index in [0.29, 0.717) is 17.4 Å². The summed E-state index contributed by atoms with van der Waals surface area (Å²) in [7, 11) is 0. The molecule has 3 aromatic rings. The Hall–Kier alpha value is -2.57. The van der Waals surface area contributed by atoms with Crippen LogP contribution in [0.5, 0.6) is 0 Å². The number of aliphatic hydroxyl groups is 1. The van der Waals surface area contributed by atoms with E-state index in [0.717, 1.165) is 52.4 Å². The first kappa shape index (κ1) is 17.8. The zero-order valence-electron chi connectivity index (χ0n) is 15.3. The van der Waals surface area contributed by atoms with Gasteiger partial charge in [0.05, 0.1) is 16.4 Å². The number of aromatic nitrogens is 4. The molecule has 138 valence electrons. The monoisotopic (exact) mass is 381 g/mol. The number of aliphatic hydroxyl groups excluding tert-OH is 1. The van der Waals surface area contributed by atoms with Crippen LogP contribution >= 0.6 is 11.6 Å². The van der Waals surface area contributed by atoms with Crippen LogP contribution < -0.4 is 4.90 Å². The number of rotatable bonds is 3. The van der Waals surface area contributed by atoms with Crippen LogP contribution in [0.3, 0.4) is 0 Å². The van der Waals surface area contributed by atoms with Gasteiger partial charge >= 0.3 is 0 Å². The SMILES string of the molecule is Cc1cnc(-c2cc(N3CCc4nc(CO)ncc4C3)ncc2Cl)c(C)c1. The molecule has 1 aliphatic heterocycles. The quantitative estimate of drug-likeness (QED) is 0.750. The average Bonchev–Trinajstić information content (AvgIpc) is 2.68. The van der Waals surface area contributed by atoms with Crippen LogP contribution in [-0.2, 0) is 19.6 Å². The first-order chi connectivity index (χ1) is 13.0. The molecule has 0 aromatic carbocycles. The van der Waals surface area contributed by atoms with Crippen LogP contribution in [0.15, 0.2) is 30.7 Å². The molecule has 4 heterocycles. The molecule has 0 bridgehead atoms. The smallest absolute Gasteiger partial charge is 0.153 e. The zero-order chi connectivity index (χ0) is 19.0. The molecule has 0 fully saturated rings. The lowest BCUT2D eigenvalue weighted by Gasteiger charge is -2.29. The van der Waals surface area contributed by atoms with Crippen LogP contribution in [-0.4, -0.2) is 31.6 Å². The molecule has 0 radical (unpaired) electrons. The van der Waals surface area contributed by atoms with Gasteiger partial charge < -0.3 is 10.0 Å². The predicted octanol–water partition coefficient (Wildman–Crippen LogP) is 3.26. The molecule has 3 aromatic heterocycles. The van der Waals surface area contributed by atoms with Gasteiger partial charge in [0.2, 0.25) is 0 Å². The van der Waals surface area contributed by atoms with Gasteiger partial charge in [-0.2, -0.15) is 0 Å². The lowest BCUT2D eigenvalue weighted by molar-refractivity contribution is 0.270. The Morgan fingerprint density at radius 1 is 1.11 bits per heavy atom. The maximum atomic E-state index is 9.21. The summed E-state index contributed by atoms with van der Waals surface area (Å²) in [6, 6.07) is 4.10. The second kappa shape index (κ2) is 7.21. The molecule has 0 saturated carbocycles. The molecular weight excluding hydrogens is 362 g/mol. The number of fused-ring (bicyclic) bond motifs is 1. The number of nitrogens with zero attached hydrogens (tertiary/aromatic N) is 5. The van der Waals surface area contributed by atoms with Crippen LogP contribution in [0, 0.1) is 13.8 Å². The van der Waals surface area contributed by atoms with Crippen LogP contribution in [0.1, 0.15) is 28.2 Å². The minimum absolute atomic E-state index is 0.137. The summed E-state index contributed by atoms with van der Waals surface area (Å²) in [5, 5.41) is 9.80. The largest absolute Gasteiger partial charge is 0.388 e. The second-order valence-corrected chi connectivity index (χ2v) is 7.20. The minimum atomic E-state index is -0.137. The fraction of sp³-hybridized carbons (Fsp3) is 0.300. The van der Waals surface area contributed by atoms with Crippen molar-refractivity contribution in [2.24, 2.45) is 0 Å². The van der Waals surface area contributed by atoms with Crippen LogP contribution in [0.2, 0.25) is 5.02 Å². The fourth-order valence-corrected chi connectivity index (χ4v) is 3.60. The highest BCUT2D eigenvalue weighted by Gasteiger charge is 2.21. The van der Waals surface area contributed by atoms with E-state index >= 15 is 0 Å². The third kappa shape index (κ3) is 3.50. The van der Waals surface area contributed by atoms with Crippen molar-refractivity contribution in [2.75, 3.05) is 11.4 Å². The van der Waals surface area contributed by atoms with Crippen molar-refractivity contribution in [3.05, 3.63) is 64.0 Å². The number of hydrogen-bond acceptors (Lipinski definition) is 6. The predicted molar refractivity (Wildman–Crippen MR) is 105 cm³/mol. The van der Waals surface area contributed by atoms with Crippen molar-refractivity contribution in [1.29, 1.82) is 0 Å². The number of hydrogen-bond donors (Lipinski definition) is 1. The molecule has 4 rings (SSSR count). The van der Waals surface area contributed by atoms with Gasteiger partial charge in [-0.1, -0.05) is 17.7 Å². The van der Waals surface area contributed by atoms with Crippen LogP contribution in [0.4, 0.5) is 5.82 Å². The van der Waals surface area contributed by atoms with E-state index in [9.17, 15) is 5.11 Å². The average molecular weight is 382 g/mol. The molecule has 0 amide bonds. The third-order valence-corrected chi connectivity index (χ3v) is 5.06. The minimum Gasteiger partial charge on any atom is -0.388 e. The van der Waals surface area contributed by atoms with Gasteiger partial charge in [-0.05, 0) is 31.0 Å². The van der Waals surface area contributed by atoms with Crippen molar-refractivity contribution in [2.45, 2.75) is 33.4 Å². The molecule has 0 aliphatic carbocycles. The Kier molecular flexibility index (Phi) is 4.76. The van der Waals surface area contributed by atoms with Crippen molar-refractivity contribution in [1.82, 2.24) is 19.9 Å². The van der Waals surface area contributed by atoms with E-state index in [-0.39, 0.29) is 6.61 Å². The van der Waals surface area contributed by atoms with Gasteiger partial charge in [-0.15, -0.1) is 0 Å². The highest BCUT2D eigenvalue weighted by Crippen LogP contribution is 2.32. The summed E-state index contributed by atoms with van der Waals surface area (Å²) in [5.74, 6) is 1.32. The van der Waals surface area contributed by atoms with E-state index < -0.39 is 0 Å². The summed E-state index contributed by atoms with van der Waals surface area (Å²) in [6.07, 6.45) is 6.12. The van der Waals surface area contributed by atoms with Crippen LogP contribution in [0.25, 0.3) is 11.3 Å². The molecule has 1 aliphatic rings. The van der Waals surface area contributed by atoms with Gasteiger partial charge in [0.15, 0.2) is 5.82 Å². The Morgan fingerprint density at radius 3 is 2.74 bits per heavy atom. The van der Waals surface area contributed by atoms with Crippen molar-refractivity contribution in [3.8, 4) is 11.3 Å². The van der Waals surface area contributed by atoms with Crippen molar-refractivity contribution >= 4 is 17.4 Å². The molecule has 6 nitrogen and oxygen atoms in total. The van der Waals surface area contributed by atoms with Gasteiger partial charge in [-0.25, -0.2) is 15.0 Å². The molecular formula is C20H20ClN5O.